The molecule has 5 nitrogen and oxygen atoms in total. The molecule has 4 N–H and O–H groups in total. The van der Waals surface area contributed by atoms with Crippen molar-refractivity contribution in [3.63, 3.8) is 0 Å². The smallest absolute Gasteiger partial charge is 0.188 e. The van der Waals surface area contributed by atoms with Crippen LogP contribution >= 0.6 is 11.5 Å². The molecule has 0 bridgehead atoms. The minimum absolute atomic E-state index is 0.473. The van der Waals surface area contributed by atoms with E-state index in [2.05, 4.69) is 20.0 Å². The molecule has 6 heteroatoms. The second-order valence-electron chi connectivity index (χ2n) is 2.70. The zero-order valence-corrected chi connectivity index (χ0v) is 8.97. The molecule has 0 saturated heterocycles. The number of aromatic nitrogens is 1. The Hall–Kier alpha value is -1.14. The number of nitrogens with one attached hydrogen (secondary N) is 2. The van der Waals surface area contributed by atoms with Crippen LogP contribution in [-0.4, -0.2) is 30.5 Å². The average Bonchev–Trinajstić information content (AvgIpc) is 2.69. The predicted octanol–water partition coefficient (Wildman–Crippen LogP) is -0.233. The summed E-state index contributed by atoms with van der Waals surface area (Å²) < 4.78 is 4.18. The summed E-state index contributed by atoms with van der Waals surface area (Å²) in [5, 5.41) is 8.17. The molecule has 0 atom stereocenters. The monoisotopic (exact) mass is 213 g/mol. The van der Waals surface area contributed by atoms with Gasteiger partial charge in [0, 0.05) is 32.1 Å². The molecular formula is C8H15N5S. The Bertz CT molecular complexity index is 269. The summed E-state index contributed by atoms with van der Waals surface area (Å²) in [5.41, 5.74) is 6.53. The highest BCUT2D eigenvalue weighted by Crippen LogP contribution is 1.97. The van der Waals surface area contributed by atoms with E-state index in [4.69, 9.17) is 5.73 Å². The van der Waals surface area contributed by atoms with Gasteiger partial charge in [-0.05, 0) is 17.6 Å². The second-order valence-corrected chi connectivity index (χ2v) is 3.37. The third-order valence-corrected chi connectivity index (χ3v) is 2.24. The zero-order valence-electron chi connectivity index (χ0n) is 8.16. The zero-order chi connectivity index (χ0) is 10.2. The van der Waals surface area contributed by atoms with Crippen molar-refractivity contribution in [1.82, 2.24) is 15.0 Å². The van der Waals surface area contributed by atoms with E-state index < -0.39 is 0 Å². The van der Waals surface area contributed by atoms with Gasteiger partial charge in [-0.1, -0.05) is 0 Å². The maximum absolute atomic E-state index is 5.45. The number of aliphatic imine (C=N–C) groups is 1. The first-order valence-corrected chi connectivity index (χ1v) is 5.22. The topological polar surface area (TPSA) is 75.3 Å². The first-order chi connectivity index (χ1) is 6.83. The lowest BCUT2D eigenvalue weighted by atomic mass is 10.4. The highest BCUT2D eigenvalue weighted by atomic mass is 32.1. The van der Waals surface area contributed by atoms with E-state index in [1.54, 1.807) is 7.05 Å². The molecule has 0 unspecified atom stereocenters. The van der Waals surface area contributed by atoms with Crippen molar-refractivity contribution in [2.45, 2.75) is 6.54 Å². The van der Waals surface area contributed by atoms with Gasteiger partial charge in [0.2, 0.25) is 0 Å². The van der Waals surface area contributed by atoms with Gasteiger partial charge in [-0.25, -0.2) is 0 Å². The van der Waals surface area contributed by atoms with E-state index in [0.29, 0.717) is 5.96 Å². The minimum Gasteiger partial charge on any atom is -0.370 e. The standard InChI is InChI=1S/C8H15N5S/c1-10-8(9)12-4-3-11-6-7-2-5-14-13-7/h2,5,11H,3-4,6H2,1H3,(H3,9,10,12). The van der Waals surface area contributed by atoms with Crippen molar-refractivity contribution in [2.75, 3.05) is 20.1 Å². The molecule has 0 spiro atoms. The van der Waals surface area contributed by atoms with Crippen LogP contribution in [-0.2, 0) is 6.54 Å². The van der Waals surface area contributed by atoms with Crippen LogP contribution in [0.3, 0.4) is 0 Å². The lowest BCUT2D eigenvalue weighted by Gasteiger charge is -2.05. The van der Waals surface area contributed by atoms with Crippen LogP contribution in [0.4, 0.5) is 0 Å². The molecular weight excluding hydrogens is 198 g/mol. The number of guanidine groups is 1. The molecule has 0 aliphatic carbocycles. The molecule has 1 aromatic rings. The van der Waals surface area contributed by atoms with Crippen LogP contribution in [0.5, 0.6) is 0 Å². The normalized spacial score (nSPS) is 11.6. The molecule has 0 saturated carbocycles. The maximum atomic E-state index is 5.45. The molecule has 0 aliphatic heterocycles. The molecule has 1 rings (SSSR count). The summed E-state index contributed by atoms with van der Waals surface area (Å²) in [6.07, 6.45) is 0. The molecule has 0 amide bonds. The van der Waals surface area contributed by atoms with Crippen molar-refractivity contribution in [1.29, 1.82) is 0 Å². The van der Waals surface area contributed by atoms with Crippen LogP contribution in [0.2, 0.25) is 0 Å². The van der Waals surface area contributed by atoms with Crippen LogP contribution in [0, 0.1) is 0 Å². The fourth-order valence-electron chi connectivity index (χ4n) is 0.903. The number of nitrogens with zero attached hydrogens (tertiary/aromatic N) is 2. The maximum Gasteiger partial charge on any atom is 0.188 e. The van der Waals surface area contributed by atoms with Gasteiger partial charge in [-0.3, -0.25) is 4.99 Å². The van der Waals surface area contributed by atoms with Gasteiger partial charge in [0.1, 0.15) is 0 Å². The first-order valence-electron chi connectivity index (χ1n) is 4.39. The second kappa shape index (κ2) is 6.33. The van der Waals surface area contributed by atoms with Crippen molar-refractivity contribution < 1.29 is 0 Å². The number of nitrogens with two attached hydrogens (primary N) is 1. The van der Waals surface area contributed by atoms with Crippen LogP contribution in [0.1, 0.15) is 5.69 Å². The predicted molar refractivity (Wildman–Crippen MR) is 59.4 cm³/mol. The lowest BCUT2D eigenvalue weighted by molar-refractivity contribution is 0.664. The van der Waals surface area contributed by atoms with E-state index in [-0.39, 0.29) is 0 Å². The van der Waals surface area contributed by atoms with Gasteiger partial charge in [0.15, 0.2) is 5.96 Å². The van der Waals surface area contributed by atoms with Crippen molar-refractivity contribution >= 4 is 17.5 Å². The molecule has 1 aromatic heterocycles. The molecule has 0 aliphatic rings. The summed E-state index contributed by atoms with van der Waals surface area (Å²) in [6, 6.07) is 2.01. The Morgan fingerprint density at radius 3 is 3.14 bits per heavy atom. The third kappa shape index (κ3) is 4.20. The summed E-state index contributed by atoms with van der Waals surface area (Å²) in [4.78, 5) is 3.78. The van der Waals surface area contributed by atoms with E-state index in [0.717, 1.165) is 25.3 Å². The number of hydrogen-bond donors (Lipinski definition) is 3. The Morgan fingerprint density at radius 1 is 1.64 bits per heavy atom. The van der Waals surface area contributed by atoms with E-state index in [1.807, 2.05) is 11.4 Å². The summed E-state index contributed by atoms with van der Waals surface area (Å²) in [5.74, 6) is 0.473. The number of rotatable bonds is 5. The average molecular weight is 213 g/mol. The summed E-state index contributed by atoms with van der Waals surface area (Å²) in [7, 11) is 1.66. The van der Waals surface area contributed by atoms with Gasteiger partial charge in [-0.2, -0.15) is 4.37 Å². The fraction of sp³-hybridized carbons (Fsp3) is 0.500. The van der Waals surface area contributed by atoms with Gasteiger partial charge >= 0.3 is 0 Å². The van der Waals surface area contributed by atoms with Gasteiger partial charge in [0.05, 0.1) is 5.69 Å². The van der Waals surface area contributed by atoms with Crippen LogP contribution in [0.15, 0.2) is 16.4 Å². The molecule has 1 heterocycles. The fourth-order valence-corrected chi connectivity index (χ4v) is 1.44. The van der Waals surface area contributed by atoms with Crippen molar-refractivity contribution in [3.8, 4) is 0 Å². The Morgan fingerprint density at radius 2 is 2.50 bits per heavy atom. The molecule has 14 heavy (non-hydrogen) atoms. The van der Waals surface area contributed by atoms with E-state index in [9.17, 15) is 0 Å². The Kier molecular flexibility index (Phi) is 4.95. The SMILES string of the molecule is CN=C(N)NCCNCc1ccsn1. The number of hydrogen-bond acceptors (Lipinski definition) is 4. The quantitative estimate of drug-likeness (QED) is 0.359. The van der Waals surface area contributed by atoms with Crippen LogP contribution in [0.25, 0.3) is 0 Å². The highest BCUT2D eigenvalue weighted by molar-refractivity contribution is 7.03. The van der Waals surface area contributed by atoms with Gasteiger partial charge in [0.25, 0.3) is 0 Å². The minimum atomic E-state index is 0.473. The lowest BCUT2D eigenvalue weighted by Crippen LogP contribution is -2.36. The molecule has 0 aromatic carbocycles. The van der Waals surface area contributed by atoms with E-state index >= 15 is 0 Å². The first kappa shape index (κ1) is 10.9. The Labute approximate surface area is 87.6 Å². The van der Waals surface area contributed by atoms with Gasteiger partial charge in [-0.15, -0.1) is 0 Å². The molecule has 0 radical (unpaired) electrons. The van der Waals surface area contributed by atoms with Crippen molar-refractivity contribution in [3.05, 3.63) is 17.1 Å². The van der Waals surface area contributed by atoms with Crippen molar-refractivity contribution in [2.24, 2.45) is 10.7 Å². The molecule has 0 fully saturated rings. The van der Waals surface area contributed by atoms with Crippen LogP contribution < -0.4 is 16.4 Å². The highest BCUT2D eigenvalue weighted by Gasteiger charge is 1.93. The Balaban J connectivity index is 2.00. The summed E-state index contributed by atoms with van der Waals surface area (Å²) >= 11 is 1.47. The molecule has 78 valence electrons. The van der Waals surface area contributed by atoms with E-state index in [1.165, 1.54) is 11.5 Å². The third-order valence-electron chi connectivity index (χ3n) is 1.65. The summed E-state index contributed by atoms with van der Waals surface area (Å²) in [6.45, 7) is 2.41. The van der Waals surface area contributed by atoms with Gasteiger partial charge < -0.3 is 16.4 Å². The largest absolute Gasteiger partial charge is 0.370 e.